The second-order valence-electron chi connectivity index (χ2n) is 4.10. The van der Waals surface area contributed by atoms with E-state index in [0.717, 1.165) is 24.3 Å². The van der Waals surface area contributed by atoms with E-state index in [4.69, 9.17) is 9.52 Å². The number of alkyl halides is 3. The van der Waals surface area contributed by atoms with Crippen molar-refractivity contribution < 1.29 is 31.9 Å². The lowest BCUT2D eigenvalue weighted by atomic mass is 10.1. The highest BCUT2D eigenvalue weighted by atomic mass is 19.4. The van der Waals surface area contributed by atoms with Crippen molar-refractivity contribution in [3.05, 3.63) is 53.5 Å². The van der Waals surface area contributed by atoms with E-state index in [0.29, 0.717) is 6.07 Å². The highest BCUT2D eigenvalue weighted by Crippen LogP contribution is 2.33. The molecule has 7 heteroatoms. The van der Waals surface area contributed by atoms with Crippen LogP contribution in [0, 0.1) is 5.82 Å². The zero-order valence-corrected chi connectivity index (χ0v) is 10.3. The zero-order valence-electron chi connectivity index (χ0n) is 10.3. The molecule has 0 spiro atoms. The van der Waals surface area contributed by atoms with Gasteiger partial charge < -0.3 is 9.52 Å². The summed E-state index contributed by atoms with van der Waals surface area (Å²) in [5, 5.41) is 8.46. The summed E-state index contributed by atoms with van der Waals surface area (Å²) < 4.78 is 56.2. The molecule has 0 aliphatic rings. The summed E-state index contributed by atoms with van der Waals surface area (Å²) in [5.74, 6) is -2.10. The maximum absolute atomic E-state index is 13.3. The molecule has 1 N–H and O–H groups in total. The van der Waals surface area contributed by atoms with Gasteiger partial charge in [-0.25, -0.2) is 9.18 Å². The van der Waals surface area contributed by atoms with Crippen molar-refractivity contribution >= 4 is 12.0 Å². The molecule has 3 nitrogen and oxygen atoms in total. The van der Waals surface area contributed by atoms with Gasteiger partial charge in [0.1, 0.15) is 17.3 Å². The van der Waals surface area contributed by atoms with Crippen LogP contribution in [0.25, 0.3) is 17.4 Å². The van der Waals surface area contributed by atoms with E-state index >= 15 is 0 Å². The summed E-state index contributed by atoms with van der Waals surface area (Å²) >= 11 is 0. The predicted octanol–water partition coefficient (Wildman–Crippen LogP) is 4.20. The maximum Gasteiger partial charge on any atom is 0.416 e. The van der Waals surface area contributed by atoms with Gasteiger partial charge >= 0.3 is 12.1 Å². The maximum atomic E-state index is 13.3. The van der Waals surface area contributed by atoms with Crippen LogP contribution in [0.15, 0.2) is 40.8 Å². The molecule has 0 radical (unpaired) electrons. The molecule has 0 saturated carbocycles. The van der Waals surface area contributed by atoms with E-state index in [1.54, 1.807) is 0 Å². The largest absolute Gasteiger partial charge is 0.478 e. The standard InChI is InChI=1S/C14H8F4O3/c15-10-6-8(5-9(7-10)14(16,17)18)12-3-1-11(21-12)2-4-13(19)20/h1-7H,(H,19,20)/b4-2+. The van der Waals surface area contributed by atoms with E-state index < -0.39 is 23.5 Å². The Kier molecular flexibility index (Phi) is 3.84. The van der Waals surface area contributed by atoms with Gasteiger partial charge in [0.2, 0.25) is 0 Å². The minimum atomic E-state index is -4.67. The van der Waals surface area contributed by atoms with Gasteiger partial charge in [-0.2, -0.15) is 13.2 Å². The van der Waals surface area contributed by atoms with Crippen LogP contribution in [-0.2, 0) is 11.0 Å². The molecule has 0 amide bonds. The van der Waals surface area contributed by atoms with Gasteiger partial charge in [0.05, 0.1) is 5.56 Å². The van der Waals surface area contributed by atoms with Crippen molar-refractivity contribution in [2.24, 2.45) is 0 Å². The van der Waals surface area contributed by atoms with E-state index in [1.165, 1.54) is 12.1 Å². The Balaban J connectivity index is 2.39. The molecule has 0 fully saturated rings. The Hall–Kier alpha value is -2.57. The summed E-state index contributed by atoms with van der Waals surface area (Å²) in [6, 6.07) is 4.74. The molecule has 2 rings (SSSR count). The third-order valence-corrected chi connectivity index (χ3v) is 2.53. The van der Waals surface area contributed by atoms with E-state index in [-0.39, 0.29) is 17.1 Å². The van der Waals surface area contributed by atoms with Crippen LogP contribution in [0.5, 0.6) is 0 Å². The molecule has 0 unspecified atom stereocenters. The molecule has 0 bridgehead atoms. The van der Waals surface area contributed by atoms with Crippen LogP contribution in [0.4, 0.5) is 17.6 Å². The second-order valence-corrected chi connectivity index (χ2v) is 4.10. The molecular weight excluding hydrogens is 292 g/mol. The number of carboxylic acid groups (broad SMARTS) is 1. The molecule has 0 aliphatic carbocycles. The first-order chi connectivity index (χ1) is 9.75. The summed E-state index contributed by atoms with van der Waals surface area (Å²) in [5.41, 5.74) is -1.21. The van der Waals surface area contributed by atoms with Gasteiger partial charge in [-0.3, -0.25) is 0 Å². The lowest BCUT2D eigenvalue weighted by molar-refractivity contribution is -0.137. The van der Waals surface area contributed by atoms with E-state index in [1.807, 2.05) is 0 Å². The van der Waals surface area contributed by atoms with Gasteiger partial charge in [0.15, 0.2) is 0 Å². The predicted molar refractivity (Wildman–Crippen MR) is 65.8 cm³/mol. The average Bonchev–Trinajstić information content (AvgIpc) is 2.83. The quantitative estimate of drug-likeness (QED) is 0.682. The topological polar surface area (TPSA) is 50.4 Å². The molecule has 0 saturated heterocycles. The zero-order chi connectivity index (χ0) is 15.6. The number of benzene rings is 1. The van der Waals surface area contributed by atoms with E-state index in [2.05, 4.69) is 0 Å². The van der Waals surface area contributed by atoms with Crippen LogP contribution in [0.3, 0.4) is 0 Å². The minimum absolute atomic E-state index is 0.00467. The van der Waals surface area contributed by atoms with Crippen molar-refractivity contribution in [2.45, 2.75) is 6.18 Å². The lowest BCUT2D eigenvalue weighted by Gasteiger charge is -2.08. The Morgan fingerprint density at radius 2 is 1.90 bits per heavy atom. The normalized spacial score (nSPS) is 12.0. The first kappa shape index (κ1) is 14.8. The number of hydrogen-bond donors (Lipinski definition) is 1. The Morgan fingerprint density at radius 3 is 2.52 bits per heavy atom. The molecule has 1 heterocycles. The third kappa shape index (κ3) is 3.71. The Labute approximate surface area is 116 Å². The highest BCUT2D eigenvalue weighted by molar-refractivity contribution is 5.84. The monoisotopic (exact) mass is 300 g/mol. The van der Waals surface area contributed by atoms with Crippen LogP contribution < -0.4 is 0 Å². The highest BCUT2D eigenvalue weighted by Gasteiger charge is 2.31. The second kappa shape index (κ2) is 5.43. The summed E-state index contributed by atoms with van der Waals surface area (Å²) in [6.45, 7) is 0. The molecule has 1 aromatic heterocycles. The molecule has 1 aromatic carbocycles. The van der Waals surface area contributed by atoms with Crippen LogP contribution in [0.2, 0.25) is 0 Å². The van der Waals surface area contributed by atoms with Crippen LogP contribution in [0.1, 0.15) is 11.3 Å². The van der Waals surface area contributed by atoms with Gasteiger partial charge in [-0.15, -0.1) is 0 Å². The smallest absolute Gasteiger partial charge is 0.416 e. The first-order valence-electron chi connectivity index (χ1n) is 5.65. The SMILES string of the molecule is O=C(O)/C=C/c1ccc(-c2cc(F)cc(C(F)(F)F)c2)o1. The number of aliphatic carboxylic acids is 1. The number of furan rings is 1. The molecule has 2 aromatic rings. The average molecular weight is 300 g/mol. The fourth-order valence-corrected chi connectivity index (χ4v) is 1.65. The van der Waals surface area contributed by atoms with Gasteiger partial charge in [-0.05, 0) is 36.4 Å². The van der Waals surface area contributed by atoms with Crippen LogP contribution >= 0.6 is 0 Å². The van der Waals surface area contributed by atoms with Crippen LogP contribution in [-0.4, -0.2) is 11.1 Å². The molecule has 0 aliphatic heterocycles. The van der Waals surface area contributed by atoms with Gasteiger partial charge in [-0.1, -0.05) is 0 Å². The fraction of sp³-hybridized carbons (Fsp3) is 0.0714. The molecular formula is C14H8F4O3. The third-order valence-electron chi connectivity index (χ3n) is 2.53. The first-order valence-corrected chi connectivity index (χ1v) is 5.65. The van der Waals surface area contributed by atoms with Crippen molar-refractivity contribution in [2.75, 3.05) is 0 Å². The number of rotatable bonds is 3. The number of halogens is 4. The van der Waals surface area contributed by atoms with Crippen molar-refractivity contribution in [3.8, 4) is 11.3 Å². The van der Waals surface area contributed by atoms with Crippen molar-refractivity contribution in [3.63, 3.8) is 0 Å². The summed E-state index contributed by atoms with van der Waals surface area (Å²) in [4.78, 5) is 10.3. The number of hydrogen-bond acceptors (Lipinski definition) is 2. The molecule has 0 atom stereocenters. The summed E-state index contributed by atoms with van der Waals surface area (Å²) in [6.07, 6.45) is -2.72. The van der Waals surface area contributed by atoms with Crippen molar-refractivity contribution in [1.82, 2.24) is 0 Å². The van der Waals surface area contributed by atoms with Gasteiger partial charge in [0.25, 0.3) is 0 Å². The fourth-order valence-electron chi connectivity index (χ4n) is 1.65. The number of carbonyl (C=O) groups is 1. The lowest BCUT2D eigenvalue weighted by Crippen LogP contribution is -2.05. The molecule has 21 heavy (non-hydrogen) atoms. The molecule has 110 valence electrons. The minimum Gasteiger partial charge on any atom is -0.478 e. The van der Waals surface area contributed by atoms with E-state index in [9.17, 15) is 22.4 Å². The van der Waals surface area contributed by atoms with Gasteiger partial charge in [0, 0.05) is 11.6 Å². The number of carboxylic acids is 1. The van der Waals surface area contributed by atoms with Crippen molar-refractivity contribution in [1.29, 1.82) is 0 Å². The Morgan fingerprint density at radius 1 is 1.19 bits per heavy atom. The summed E-state index contributed by atoms with van der Waals surface area (Å²) in [7, 11) is 0. The Bertz CT molecular complexity index is 698.